The molecule has 0 aliphatic carbocycles. The monoisotopic (exact) mass is 679 g/mol. The highest BCUT2D eigenvalue weighted by Gasteiger charge is 2.32. The van der Waals surface area contributed by atoms with Gasteiger partial charge < -0.3 is 37.5 Å². The van der Waals surface area contributed by atoms with Crippen molar-refractivity contribution in [2.75, 3.05) is 19.0 Å². The number of nitrogens with one attached hydrogen (secondary N) is 4. The fourth-order valence-electron chi connectivity index (χ4n) is 5.46. The average Bonchev–Trinajstić information content (AvgIpc) is 3.11. The first-order chi connectivity index (χ1) is 24.0. The Morgan fingerprint density at radius 1 is 0.760 bits per heavy atom. The van der Waals surface area contributed by atoms with E-state index < -0.39 is 41.8 Å². The Kier molecular flexibility index (Phi) is 13.3. The van der Waals surface area contributed by atoms with Crippen LogP contribution in [0, 0.1) is 5.92 Å². The zero-order valence-electron chi connectivity index (χ0n) is 28.5. The molecular formula is C38H45N7O5. The van der Waals surface area contributed by atoms with Crippen LogP contribution in [-0.4, -0.2) is 61.4 Å². The minimum atomic E-state index is -1.02. The van der Waals surface area contributed by atoms with E-state index in [-0.39, 0.29) is 31.3 Å². The van der Waals surface area contributed by atoms with E-state index >= 15 is 0 Å². The van der Waals surface area contributed by atoms with Gasteiger partial charge in [-0.3, -0.25) is 24.2 Å². The number of ether oxygens (including phenoxy) is 1. The Labute approximate surface area is 292 Å². The van der Waals surface area contributed by atoms with Gasteiger partial charge in [0.2, 0.25) is 17.7 Å². The number of carbonyl (C=O) groups excluding carboxylic acids is 4. The van der Waals surface area contributed by atoms with E-state index in [1.54, 1.807) is 57.4 Å². The summed E-state index contributed by atoms with van der Waals surface area (Å²) in [6, 6.07) is 26.0. The van der Waals surface area contributed by atoms with E-state index in [1.165, 1.54) is 0 Å². The first-order valence-corrected chi connectivity index (χ1v) is 16.5. The zero-order valence-corrected chi connectivity index (χ0v) is 28.5. The van der Waals surface area contributed by atoms with E-state index in [9.17, 15) is 19.2 Å². The smallest absolute Gasteiger partial charge is 0.251 e. The van der Waals surface area contributed by atoms with E-state index in [2.05, 4.69) is 26.3 Å². The molecular weight excluding hydrogens is 634 g/mol. The van der Waals surface area contributed by atoms with Crippen LogP contribution in [0.1, 0.15) is 42.6 Å². The molecule has 0 bridgehead atoms. The minimum absolute atomic E-state index is 0.0784. The summed E-state index contributed by atoms with van der Waals surface area (Å²) in [4.78, 5) is 58.5. The number of fused-ring (bicyclic) bond motifs is 1. The summed E-state index contributed by atoms with van der Waals surface area (Å²) in [6.45, 7) is 3.82. The first-order valence-electron chi connectivity index (χ1n) is 16.5. The normalized spacial score (nSPS) is 12.6. The van der Waals surface area contributed by atoms with Crippen molar-refractivity contribution in [3.05, 3.63) is 108 Å². The predicted molar refractivity (Wildman–Crippen MR) is 196 cm³/mol. The lowest BCUT2D eigenvalue weighted by Crippen LogP contribution is -2.58. The second kappa shape index (κ2) is 18.0. The second-order valence-corrected chi connectivity index (χ2v) is 12.2. The number of hydrogen-bond acceptors (Lipinski definition) is 6. The van der Waals surface area contributed by atoms with Crippen LogP contribution in [0.15, 0.2) is 102 Å². The van der Waals surface area contributed by atoms with Crippen LogP contribution in [0.2, 0.25) is 0 Å². The van der Waals surface area contributed by atoms with Crippen molar-refractivity contribution >= 4 is 46.0 Å². The van der Waals surface area contributed by atoms with Gasteiger partial charge >= 0.3 is 0 Å². The van der Waals surface area contributed by atoms with Crippen molar-refractivity contribution in [2.24, 2.45) is 22.4 Å². The summed E-state index contributed by atoms with van der Waals surface area (Å²) in [7, 11) is 1.55. The standard InChI is InChI=1S/C38H45N7O5/c1-24(2)33(45-36(48)31(21-25-13-6-4-7-14-25)44-34(46)26-15-8-5-9-16-26)37(49)43-30(19-12-20-41-38(39)40)35(47)42-28-22-27-17-10-11-18-29(27)32(23-28)50-3/h4-11,13-18,22-24,30-31,33H,12,19-21H2,1-3H3,(H,42,47)(H,43,49)(H,44,46)(H,45,48)(H4,39,40,41). The van der Waals surface area contributed by atoms with Gasteiger partial charge in [-0.25, -0.2) is 0 Å². The maximum atomic E-state index is 13.8. The molecule has 0 radical (unpaired) electrons. The van der Waals surface area contributed by atoms with E-state index in [0.29, 0.717) is 23.4 Å². The number of nitrogens with zero attached hydrogens (tertiary/aromatic N) is 1. The molecule has 0 fully saturated rings. The van der Waals surface area contributed by atoms with Crippen molar-refractivity contribution in [1.82, 2.24) is 16.0 Å². The largest absolute Gasteiger partial charge is 0.496 e. The van der Waals surface area contributed by atoms with Crippen LogP contribution < -0.4 is 37.5 Å². The van der Waals surface area contributed by atoms with Gasteiger partial charge in [0.25, 0.3) is 5.91 Å². The van der Waals surface area contributed by atoms with E-state index in [1.807, 2.05) is 60.7 Å². The Hall–Kier alpha value is -5.91. The van der Waals surface area contributed by atoms with Gasteiger partial charge in [-0.05, 0) is 47.9 Å². The number of nitrogens with two attached hydrogens (primary N) is 2. The number of methoxy groups -OCH3 is 1. The Balaban J connectivity index is 1.53. The average molecular weight is 680 g/mol. The molecule has 0 spiro atoms. The molecule has 0 aliphatic rings. The Morgan fingerprint density at radius 2 is 1.42 bits per heavy atom. The molecule has 12 heteroatoms. The molecule has 8 N–H and O–H groups in total. The molecule has 3 unspecified atom stereocenters. The van der Waals surface area contributed by atoms with E-state index in [0.717, 1.165) is 16.3 Å². The van der Waals surface area contributed by atoms with Crippen LogP contribution in [0.25, 0.3) is 10.8 Å². The number of benzene rings is 4. The fraction of sp³-hybridized carbons (Fsp3) is 0.289. The van der Waals surface area contributed by atoms with Gasteiger partial charge in [0.15, 0.2) is 5.96 Å². The van der Waals surface area contributed by atoms with Gasteiger partial charge in [-0.15, -0.1) is 0 Å². The molecule has 4 aromatic carbocycles. The molecule has 262 valence electrons. The summed E-state index contributed by atoms with van der Waals surface area (Å²) in [5.74, 6) is -1.84. The van der Waals surface area contributed by atoms with Gasteiger partial charge in [0.05, 0.1) is 7.11 Å². The van der Waals surface area contributed by atoms with Crippen LogP contribution in [0.5, 0.6) is 5.75 Å². The number of guanidine groups is 1. The van der Waals surface area contributed by atoms with Crippen molar-refractivity contribution in [3.63, 3.8) is 0 Å². The summed E-state index contributed by atoms with van der Waals surface area (Å²) in [5, 5.41) is 13.2. The van der Waals surface area contributed by atoms with Crippen molar-refractivity contribution < 1.29 is 23.9 Å². The maximum absolute atomic E-state index is 13.8. The van der Waals surface area contributed by atoms with Crippen LogP contribution in [-0.2, 0) is 20.8 Å². The molecule has 50 heavy (non-hydrogen) atoms. The number of amides is 4. The SMILES string of the molecule is COc1cc(NC(=O)C(CCCN=C(N)N)NC(=O)C(NC(=O)C(Cc2ccccc2)NC(=O)c2ccccc2)C(C)C)cc2ccccc12. The lowest BCUT2D eigenvalue weighted by molar-refractivity contribution is -0.132. The number of carbonyl (C=O) groups is 4. The highest BCUT2D eigenvalue weighted by atomic mass is 16.5. The van der Waals surface area contributed by atoms with Crippen molar-refractivity contribution in [1.29, 1.82) is 0 Å². The summed E-state index contributed by atoms with van der Waals surface area (Å²) >= 11 is 0. The molecule has 12 nitrogen and oxygen atoms in total. The Morgan fingerprint density at radius 3 is 2.08 bits per heavy atom. The summed E-state index contributed by atoms with van der Waals surface area (Å²) < 4.78 is 5.55. The molecule has 0 saturated heterocycles. The summed E-state index contributed by atoms with van der Waals surface area (Å²) in [5.41, 5.74) is 12.7. The molecule has 4 amide bonds. The topological polar surface area (TPSA) is 190 Å². The third kappa shape index (κ3) is 10.5. The molecule has 0 aliphatic heterocycles. The van der Waals surface area contributed by atoms with Crippen LogP contribution in [0.3, 0.4) is 0 Å². The molecule has 0 aromatic heterocycles. The molecule has 4 aromatic rings. The first kappa shape index (κ1) is 36.9. The zero-order chi connectivity index (χ0) is 36.0. The number of hydrogen-bond donors (Lipinski definition) is 6. The number of rotatable bonds is 16. The molecule has 3 atom stereocenters. The van der Waals surface area contributed by atoms with Gasteiger partial charge in [-0.1, -0.05) is 86.6 Å². The molecule has 4 rings (SSSR count). The lowest BCUT2D eigenvalue weighted by atomic mass is 10.00. The van der Waals surface area contributed by atoms with E-state index in [4.69, 9.17) is 16.2 Å². The van der Waals surface area contributed by atoms with Gasteiger partial charge in [0.1, 0.15) is 23.9 Å². The number of aliphatic imine (C=N–C) groups is 1. The maximum Gasteiger partial charge on any atom is 0.251 e. The third-order valence-electron chi connectivity index (χ3n) is 8.08. The minimum Gasteiger partial charge on any atom is -0.496 e. The van der Waals surface area contributed by atoms with Gasteiger partial charge in [0, 0.05) is 35.7 Å². The molecule has 0 saturated carbocycles. The predicted octanol–water partition coefficient (Wildman–Crippen LogP) is 3.51. The van der Waals surface area contributed by atoms with Crippen LogP contribution >= 0.6 is 0 Å². The summed E-state index contributed by atoms with van der Waals surface area (Å²) in [6.07, 6.45) is 0.797. The third-order valence-corrected chi connectivity index (χ3v) is 8.08. The van der Waals surface area contributed by atoms with Crippen molar-refractivity contribution in [2.45, 2.75) is 51.2 Å². The Bertz CT molecular complexity index is 1790. The highest BCUT2D eigenvalue weighted by Crippen LogP contribution is 2.30. The number of anilines is 1. The molecule has 0 heterocycles. The quantitative estimate of drug-likeness (QED) is 0.0593. The van der Waals surface area contributed by atoms with Crippen LogP contribution in [0.4, 0.5) is 5.69 Å². The van der Waals surface area contributed by atoms with Gasteiger partial charge in [-0.2, -0.15) is 0 Å². The lowest BCUT2D eigenvalue weighted by Gasteiger charge is -2.27. The fourth-order valence-corrected chi connectivity index (χ4v) is 5.46. The highest BCUT2D eigenvalue weighted by molar-refractivity contribution is 6.02. The van der Waals surface area contributed by atoms with Crippen molar-refractivity contribution in [3.8, 4) is 5.75 Å². The second-order valence-electron chi connectivity index (χ2n) is 12.2.